The van der Waals surface area contributed by atoms with Gasteiger partial charge in [0.1, 0.15) is 13.2 Å². The minimum atomic E-state index is -4.61. The Morgan fingerprint density at radius 1 is 0.455 bits per heavy atom. The fourth-order valence-corrected chi connectivity index (χ4v) is 10.8. The Bertz CT molecular complexity index is 1390. The summed E-state index contributed by atoms with van der Waals surface area (Å²) in [6.07, 6.45) is 79.4. The van der Waals surface area contributed by atoms with Gasteiger partial charge >= 0.3 is 0 Å². The van der Waals surface area contributed by atoms with Crippen molar-refractivity contribution in [1.29, 1.82) is 0 Å². The molecule has 0 bridgehead atoms. The normalized spacial score (nSPS) is 14.0. The summed E-state index contributed by atoms with van der Waals surface area (Å²) in [5.74, 6) is -0.203. The summed E-state index contributed by atoms with van der Waals surface area (Å²) in [5, 5.41) is 13.9. The van der Waals surface area contributed by atoms with Crippen LogP contribution in [0.4, 0.5) is 0 Å². The number of carbonyl (C=O) groups excluding carboxylic acids is 1. The molecular formula is C68H131N2O6P. The standard InChI is InChI=1S/C68H131N2O6P/c1-6-8-10-12-14-16-18-20-22-24-26-28-30-32-34-36-37-39-41-43-45-47-49-51-53-55-57-59-61-67(71)66(65-76-77(73,74)75-64-63-70(3,4)5)69-68(72)62-60-58-56-54-52-50-48-46-44-42-40-38-35-33-31-29-27-25-23-21-19-17-15-13-11-9-7-2/h19,21,25,27,51,53,59,61,66-67,71H,6-18,20,22-24,26,28-50,52,54-58,60,62-65H2,1-5H3,(H-,69,72,73,74)/b21-19-,27-25-,53-51+,61-59+. The van der Waals surface area contributed by atoms with Crippen LogP contribution in [0.5, 0.6) is 0 Å². The molecule has 8 nitrogen and oxygen atoms in total. The van der Waals surface area contributed by atoms with E-state index in [9.17, 15) is 19.4 Å². The summed E-state index contributed by atoms with van der Waals surface area (Å²) in [7, 11) is 1.25. The van der Waals surface area contributed by atoms with Crippen LogP contribution in [0.25, 0.3) is 0 Å². The molecule has 2 N–H and O–H groups in total. The molecule has 3 atom stereocenters. The predicted molar refractivity (Wildman–Crippen MR) is 334 cm³/mol. The van der Waals surface area contributed by atoms with E-state index in [-0.39, 0.29) is 12.5 Å². The molecular weight excluding hydrogens is 972 g/mol. The van der Waals surface area contributed by atoms with Crippen molar-refractivity contribution in [2.24, 2.45) is 0 Å². The van der Waals surface area contributed by atoms with Gasteiger partial charge < -0.3 is 28.8 Å². The molecule has 0 aromatic rings. The first-order chi connectivity index (χ1) is 37.5. The van der Waals surface area contributed by atoms with Crippen molar-refractivity contribution in [1.82, 2.24) is 5.32 Å². The summed E-state index contributed by atoms with van der Waals surface area (Å²) in [4.78, 5) is 25.6. The van der Waals surface area contributed by atoms with E-state index in [1.54, 1.807) is 6.08 Å². The smallest absolute Gasteiger partial charge is 0.268 e. The van der Waals surface area contributed by atoms with Crippen LogP contribution in [0.2, 0.25) is 0 Å². The quantitative estimate of drug-likeness (QED) is 0.0272. The number of nitrogens with one attached hydrogen (secondary N) is 1. The summed E-state index contributed by atoms with van der Waals surface area (Å²) in [6, 6.07) is -0.905. The maximum Gasteiger partial charge on any atom is 0.268 e. The highest BCUT2D eigenvalue weighted by Crippen LogP contribution is 2.38. The second-order valence-electron chi connectivity index (χ2n) is 24.2. The topological polar surface area (TPSA) is 108 Å². The summed E-state index contributed by atoms with van der Waals surface area (Å²) < 4.78 is 23.4. The van der Waals surface area contributed by atoms with Gasteiger partial charge in [0.25, 0.3) is 7.82 Å². The Morgan fingerprint density at radius 3 is 1.13 bits per heavy atom. The number of likely N-dealkylation sites (N-methyl/N-ethyl adjacent to an activating group) is 1. The van der Waals surface area contributed by atoms with Gasteiger partial charge in [0.05, 0.1) is 39.9 Å². The van der Waals surface area contributed by atoms with Gasteiger partial charge in [0, 0.05) is 6.42 Å². The van der Waals surface area contributed by atoms with Gasteiger partial charge in [0.15, 0.2) is 0 Å². The molecule has 0 saturated carbocycles. The van der Waals surface area contributed by atoms with E-state index in [2.05, 4.69) is 55.6 Å². The predicted octanol–water partition coefficient (Wildman–Crippen LogP) is 20.4. The van der Waals surface area contributed by atoms with Crippen molar-refractivity contribution in [3.8, 4) is 0 Å². The van der Waals surface area contributed by atoms with Crippen LogP contribution in [0.15, 0.2) is 48.6 Å². The maximum absolute atomic E-state index is 13.0. The fourth-order valence-electron chi connectivity index (χ4n) is 10.0. The van der Waals surface area contributed by atoms with Crippen LogP contribution in [0.3, 0.4) is 0 Å². The average Bonchev–Trinajstić information content (AvgIpc) is 3.39. The zero-order valence-corrected chi connectivity index (χ0v) is 52.8. The number of nitrogens with zero attached hydrogens (tertiary/aromatic N) is 1. The zero-order chi connectivity index (χ0) is 56.3. The minimum Gasteiger partial charge on any atom is -0.756 e. The fraction of sp³-hybridized carbons (Fsp3) is 0.868. The molecule has 0 heterocycles. The molecule has 0 aliphatic rings. The number of aliphatic hydroxyl groups excluding tert-OH is 1. The van der Waals surface area contributed by atoms with E-state index in [0.29, 0.717) is 17.4 Å². The number of rotatable bonds is 62. The van der Waals surface area contributed by atoms with Crippen molar-refractivity contribution in [2.75, 3.05) is 40.9 Å². The highest BCUT2D eigenvalue weighted by atomic mass is 31.2. The molecule has 0 rings (SSSR count). The third-order valence-electron chi connectivity index (χ3n) is 15.3. The summed E-state index contributed by atoms with van der Waals surface area (Å²) >= 11 is 0. The lowest BCUT2D eigenvalue weighted by Gasteiger charge is -2.29. The molecule has 0 aromatic heterocycles. The molecule has 3 unspecified atom stereocenters. The minimum absolute atomic E-state index is 0.00601. The van der Waals surface area contributed by atoms with Crippen LogP contribution >= 0.6 is 7.82 Å². The molecule has 0 saturated heterocycles. The monoisotopic (exact) mass is 1100 g/mol. The zero-order valence-electron chi connectivity index (χ0n) is 51.9. The van der Waals surface area contributed by atoms with Gasteiger partial charge in [-0.05, 0) is 64.2 Å². The summed E-state index contributed by atoms with van der Waals surface area (Å²) in [5.41, 5.74) is 0. The SMILES string of the molecule is CCCCCCC/C=C\C/C=C\CCCCCCCCCCCCCCCCCC(=O)NC(COP(=O)([O-])OCC[N+](C)(C)C)C(O)/C=C/CC/C=C/CCCCCCCCCCCCCCCCCCCCCCCC. The lowest BCUT2D eigenvalue weighted by atomic mass is 10.0. The van der Waals surface area contributed by atoms with Gasteiger partial charge in [-0.25, -0.2) is 0 Å². The number of hydrogen-bond donors (Lipinski definition) is 2. The van der Waals surface area contributed by atoms with Crippen LogP contribution in [-0.4, -0.2) is 68.5 Å². The van der Waals surface area contributed by atoms with Crippen molar-refractivity contribution < 1.29 is 32.9 Å². The molecule has 0 radical (unpaired) electrons. The lowest BCUT2D eigenvalue weighted by Crippen LogP contribution is -2.45. The van der Waals surface area contributed by atoms with E-state index in [0.717, 1.165) is 44.9 Å². The van der Waals surface area contributed by atoms with Crippen molar-refractivity contribution in [3.63, 3.8) is 0 Å². The van der Waals surface area contributed by atoms with Crippen LogP contribution in [-0.2, 0) is 18.4 Å². The van der Waals surface area contributed by atoms with E-state index < -0.39 is 26.6 Å². The average molecular weight is 1100 g/mol. The Balaban J connectivity index is 4.13. The first-order valence-corrected chi connectivity index (χ1v) is 35.0. The van der Waals surface area contributed by atoms with E-state index >= 15 is 0 Å². The molecule has 1 amide bonds. The molecule has 0 aromatic carbocycles. The van der Waals surface area contributed by atoms with Crippen LogP contribution < -0.4 is 10.2 Å². The molecule has 9 heteroatoms. The van der Waals surface area contributed by atoms with Gasteiger partial charge in [-0.2, -0.15) is 0 Å². The largest absolute Gasteiger partial charge is 0.756 e. The molecule has 454 valence electrons. The Kier molecular flexibility index (Phi) is 57.9. The summed E-state index contributed by atoms with van der Waals surface area (Å²) in [6.45, 7) is 4.66. The number of quaternary nitrogens is 1. The second kappa shape index (κ2) is 59.1. The molecule has 0 aliphatic heterocycles. The van der Waals surface area contributed by atoms with Gasteiger partial charge in [-0.3, -0.25) is 9.36 Å². The van der Waals surface area contributed by atoms with Crippen LogP contribution in [0, 0.1) is 0 Å². The Hall–Kier alpha value is -1.54. The number of amides is 1. The maximum atomic E-state index is 13.0. The highest BCUT2D eigenvalue weighted by molar-refractivity contribution is 7.45. The van der Waals surface area contributed by atoms with Gasteiger partial charge in [0.2, 0.25) is 5.91 Å². The van der Waals surface area contributed by atoms with Crippen molar-refractivity contribution in [2.45, 2.75) is 341 Å². The van der Waals surface area contributed by atoms with Crippen LogP contribution in [0.1, 0.15) is 328 Å². The lowest BCUT2D eigenvalue weighted by molar-refractivity contribution is -0.870. The number of allylic oxidation sites excluding steroid dienone is 7. The highest BCUT2D eigenvalue weighted by Gasteiger charge is 2.23. The number of aliphatic hydroxyl groups is 1. The number of carbonyl (C=O) groups is 1. The second-order valence-corrected chi connectivity index (χ2v) is 25.6. The molecule has 0 aliphatic carbocycles. The van der Waals surface area contributed by atoms with Crippen molar-refractivity contribution in [3.05, 3.63) is 48.6 Å². The van der Waals surface area contributed by atoms with E-state index in [4.69, 9.17) is 9.05 Å². The van der Waals surface area contributed by atoms with E-state index in [1.807, 2.05) is 27.2 Å². The Morgan fingerprint density at radius 2 is 0.766 bits per heavy atom. The number of phosphoric acid groups is 1. The number of hydrogen-bond acceptors (Lipinski definition) is 6. The first kappa shape index (κ1) is 75.5. The van der Waals surface area contributed by atoms with E-state index in [1.165, 1.54) is 263 Å². The Labute approximate surface area is 479 Å². The van der Waals surface area contributed by atoms with Gasteiger partial charge in [-0.1, -0.05) is 306 Å². The molecule has 0 fully saturated rings. The third-order valence-corrected chi connectivity index (χ3v) is 16.2. The molecule has 0 spiro atoms. The third kappa shape index (κ3) is 61.9. The number of unbranched alkanes of at least 4 members (excludes halogenated alkanes) is 43. The van der Waals surface area contributed by atoms with Gasteiger partial charge in [-0.15, -0.1) is 0 Å². The van der Waals surface area contributed by atoms with Crippen molar-refractivity contribution >= 4 is 13.7 Å². The molecule has 77 heavy (non-hydrogen) atoms. The number of phosphoric ester groups is 1. The first-order valence-electron chi connectivity index (χ1n) is 33.5.